The molecule has 1 N–H and O–H groups in total. The van der Waals surface area contributed by atoms with Crippen molar-refractivity contribution in [3.8, 4) is 11.5 Å². The Labute approximate surface area is 188 Å². The normalized spacial score (nSPS) is 24.2. The van der Waals surface area contributed by atoms with Gasteiger partial charge in [0.05, 0.1) is 14.2 Å². The van der Waals surface area contributed by atoms with Crippen molar-refractivity contribution >= 4 is 5.97 Å². The Morgan fingerprint density at radius 1 is 1.13 bits per heavy atom. The van der Waals surface area contributed by atoms with E-state index in [9.17, 15) is 9.90 Å². The van der Waals surface area contributed by atoms with Crippen LogP contribution in [0, 0.1) is 17.3 Å². The predicted octanol–water partition coefficient (Wildman–Crippen LogP) is 6.72. The number of carbonyl (C=O) groups is 1. The van der Waals surface area contributed by atoms with Crippen molar-refractivity contribution in [1.29, 1.82) is 0 Å². The number of benzene rings is 1. The predicted molar refractivity (Wildman–Crippen MR) is 125 cm³/mol. The number of carboxylic acid groups (broad SMARTS) is 1. The number of allylic oxidation sites excluding steroid dienone is 1. The van der Waals surface area contributed by atoms with E-state index in [-0.39, 0.29) is 22.7 Å². The number of ether oxygens (including phenoxy) is 2. The van der Waals surface area contributed by atoms with Gasteiger partial charge >= 0.3 is 5.97 Å². The van der Waals surface area contributed by atoms with Gasteiger partial charge in [0.1, 0.15) is 11.5 Å². The second-order valence-electron chi connectivity index (χ2n) is 10.7. The molecule has 1 fully saturated rings. The van der Waals surface area contributed by atoms with E-state index in [4.69, 9.17) is 9.47 Å². The lowest BCUT2D eigenvalue weighted by Crippen LogP contribution is -2.52. The van der Waals surface area contributed by atoms with Gasteiger partial charge in [0.2, 0.25) is 0 Å². The van der Waals surface area contributed by atoms with Gasteiger partial charge in [0.25, 0.3) is 0 Å². The first kappa shape index (κ1) is 23.7. The highest BCUT2D eigenvalue weighted by molar-refractivity contribution is 5.88. The zero-order valence-corrected chi connectivity index (χ0v) is 20.4. The topological polar surface area (TPSA) is 55.8 Å². The molecule has 172 valence electrons. The maximum Gasteiger partial charge on any atom is 0.331 e. The van der Waals surface area contributed by atoms with Crippen LogP contribution >= 0.6 is 0 Å². The van der Waals surface area contributed by atoms with Crippen molar-refractivity contribution < 1.29 is 19.4 Å². The van der Waals surface area contributed by atoms with E-state index in [0.29, 0.717) is 11.5 Å². The molecule has 1 saturated carbocycles. The van der Waals surface area contributed by atoms with Gasteiger partial charge in [-0.3, -0.25) is 0 Å². The van der Waals surface area contributed by atoms with Gasteiger partial charge in [-0.05, 0) is 53.2 Å². The van der Waals surface area contributed by atoms with Crippen molar-refractivity contribution in [3.63, 3.8) is 0 Å². The Bertz CT molecular complexity index is 824. The molecule has 3 atom stereocenters. The lowest BCUT2D eigenvalue weighted by atomic mass is 9.45. The van der Waals surface area contributed by atoms with Gasteiger partial charge in [-0.15, -0.1) is 0 Å². The van der Waals surface area contributed by atoms with E-state index in [1.165, 1.54) is 31.2 Å². The summed E-state index contributed by atoms with van der Waals surface area (Å²) in [5.41, 5.74) is 2.72. The Balaban J connectivity index is 2.02. The highest BCUT2D eigenvalue weighted by Crippen LogP contribution is 2.65. The van der Waals surface area contributed by atoms with Gasteiger partial charge in [-0.25, -0.2) is 4.79 Å². The molecule has 0 spiro atoms. The van der Waals surface area contributed by atoms with E-state index in [0.717, 1.165) is 29.9 Å². The lowest BCUT2D eigenvalue weighted by molar-refractivity contribution is -0.137. The maximum absolute atomic E-state index is 12.0. The second kappa shape index (κ2) is 8.88. The Morgan fingerprint density at radius 3 is 2.23 bits per heavy atom. The Morgan fingerprint density at radius 2 is 1.74 bits per heavy atom. The minimum absolute atomic E-state index is 0.0160. The first-order valence-corrected chi connectivity index (χ1v) is 11.8. The molecule has 0 aliphatic heterocycles. The molecule has 1 aromatic carbocycles. The third kappa shape index (κ3) is 4.23. The minimum Gasteiger partial charge on any atom is -0.496 e. The van der Waals surface area contributed by atoms with Gasteiger partial charge in [0.15, 0.2) is 0 Å². The summed E-state index contributed by atoms with van der Waals surface area (Å²) in [5, 5.41) is 9.82. The summed E-state index contributed by atoms with van der Waals surface area (Å²) in [5.74, 6) is 1.31. The molecular weight excluding hydrogens is 388 g/mol. The molecule has 1 aromatic rings. The number of methoxy groups -OCH3 is 2. The largest absolute Gasteiger partial charge is 0.496 e. The summed E-state index contributed by atoms with van der Waals surface area (Å²) >= 11 is 0. The smallest absolute Gasteiger partial charge is 0.331 e. The summed E-state index contributed by atoms with van der Waals surface area (Å²) in [6.07, 6.45) is 8.97. The number of unbranched alkanes of at least 4 members (excludes halogenated alkanes) is 3. The second-order valence-corrected chi connectivity index (χ2v) is 10.7. The third-order valence-corrected chi connectivity index (χ3v) is 8.07. The van der Waals surface area contributed by atoms with E-state index in [2.05, 4.69) is 46.8 Å². The van der Waals surface area contributed by atoms with Crippen molar-refractivity contribution in [2.24, 2.45) is 17.3 Å². The van der Waals surface area contributed by atoms with Crippen LogP contribution in [-0.2, 0) is 10.2 Å². The van der Waals surface area contributed by atoms with E-state index < -0.39 is 5.97 Å². The summed E-state index contributed by atoms with van der Waals surface area (Å²) in [4.78, 5) is 12.0. The van der Waals surface area contributed by atoms with E-state index in [1.54, 1.807) is 14.2 Å². The first-order chi connectivity index (χ1) is 14.6. The fourth-order valence-electron chi connectivity index (χ4n) is 5.82. The average molecular weight is 429 g/mol. The molecule has 4 heteroatoms. The molecule has 3 aliphatic carbocycles. The monoisotopic (exact) mass is 428 g/mol. The molecule has 0 radical (unpaired) electrons. The maximum atomic E-state index is 12.0. The van der Waals surface area contributed by atoms with Crippen LogP contribution in [0.2, 0.25) is 0 Å². The molecule has 2 unspecified atom stereocenters. The van der Waals surface area contributed by atoms with Crippen LogP contribution in [0.5, 0.6) is 11.5 Å². The van der Waals surface area contributed by atoms with Gasteiger partial charge < -0.3 is 14.6 Å². The quantitative estimate of drug-likeness (QED) is 0.420. The van der Waals surface area contributed by atoms with E-state index in [1.807, 2.05) is 6.08 Å². The minimum atomic E-state index is -0.802. The molecule has 0 saturated heterocycles. The lowest BCUT2D eigenvalue weighted by Gasteiger charge is -2.58. The summed E-state index contributed by atoms with van der Waals surface area (Å²) in [6, 6.07) is 4.31. The number of aliphatic carboxylic acids is 1. The molecule has 2 bridgehead atoms. The zero-order chi connectivity index (χ0) is 23.0. The number of rotatable bonds is 10. The van der Waals surface area contributed by atoms with Crippen molar-refractivity contribution in [2.75, 3.05) is 14.2 Å². The molecule has 4 rings (SSSR count). The SMILES string of the molecule is CCCCCCC(C)(C)c1cc(OC)c([C@H]2C=C(C(=O)O)C3CC2C3(C)C)c(OC)c1. The Kier molecular flexibility index (Phi) is 6.78. The zero-order valence-electron chi connectivity index (χ0n) is 20.4. The van der Waals surface area contributed by atoms with Crippen LogP contribution in [0.25, 0.3) is 0 Å². The van der Waals surface area contributed by atoms with Gasteiger partial charge in [-0.1, -0.05) is 66.4 Å². The van der Waals surface area contributed by atoms with Gasteiger partial charge in [0, 0.05) is 17.1 Å². The van der Waals surface area contributed by atoms with Gasteiger partial charge in [-0.2, -0.15) is 0 Å². The van der Waals surface area contributed by atoms with Crippen LogP contribution in [0.3, 0.4) is 0 Å². The molecule has 0 aromatic heterocycles. The van der Waals surface area contributed by atoms with E-state index >= 15 is 0 Å². The van der Waals surface area contributed by atoms with Crippen LogP contribution in [0.1, 0.15) is 90.2 Å². The molecule has 0 amide bonds. The van der Waals surface area contributed by atoms with Crippen molar-refractivity contribution in [1.82, 2.24) is 0 Å². The van der Waals surface area contributed by atoms with Crippen molar-refractivity contribution in [2.45, 2.75) is 84.5 Å². The molecule has 4 nitrogen and oxygen atoms in total. The standard InChI is InChI=1S/C27H40O4/c1-8-9-10-11-12-26(2,3)17-13-22(30-6)24(23(14-17)31-7)18-15-19(25(28)29)21-16-20(18)27(21,4)5/h13-15,18,20-21H,8-12,16H2,1-7H3,(H,28,29)/t18-,20?,21?/m0/s1. The van der Waals surface area contributed by atoms with Crippen LogP contribution in [-0.4, -0.2) is 25.3 Å². The number of hydrogen-bond donors (Lipinski definition) is 1. The molecule has 31 heavy (non-hydrogen) atoms. The number of hydrogen-bond acceptors (Lipinski definition) is 3. The fourth-order valence-corrected chi connectivity index (χ4v) is 5.82. The highest BCUT2D eigenvalue weighted by atomic mass is 16.5. The Hall–Kier alpha value is -1.97. The average Bonchev–Trinajstić information content (AvgIpc) is 2.74. The first-order valence-electron chi connectivity index (χ1n) is 11.8. The molecule has 3 aliphatic rings. The van der Waals surface area contributed by atoms with Crippen molar-refractivity contribution in [3.05, 3.63) is 34.9 Å². The third-order valence-electron chi connectivity index (χ3n) is 8.07. The van der Waals surface area contributed by atoms with Crippen LogP contribution < -0.4 is 9.47 Å². The number of fused-ring (bicyclic) bond motifs is 1. The fraction of sp³-hybridized carbons (Fsp3) is 0.667. The summed E-state index contributed by atoms with van der Waals surface area (Å²) in [6.45, 7) is 11.2. The summed E-state index contributed by atoms with van der Waals surface area (Å²) in [7, 11) is 3.41. The highest BCUT2D eigenvalue weighted by Gasteiger charge is 2.57. The molecular formula is C27H40O4. The van der Waals surface area contributed by atoms with Crippen LogP contribution in [0.15, 0.2) is 23.8 Å². The summed E-state index contributed by atoms with van der Waals surface area (Å²) < 4.78 is 11.8. The molecule has 0 heterocycles. The van der Waals surface area contributed by atoms with Crippen LogP contribution in [0.4, 0.5) is 0 Å². The number of carboxylic acids is 1.